The number of benzene rings is 1. The maximum Gasteiger partial charge on any atom is 0.293 e. The number of likely N-dealkylation sites (N-methyl/N-ethyl adjacent to an activating group) is 1. The van der Waals surface area contributed by atoms with Crippen molar-refractivity contribution in [3.05, 3.63) is 53.1 Å². The Morgan fingerprint density at radius 1 is 1.10 bits per heavy atom. The monoisotopic (exact) mass is 423 g/mol. The Bertz CT molecular complexity index is 1070. The minimum atomic E-state index is -0.332. The Labute approximate surface area is 181 Å². The van der Waals surface area contributed by atoms with Crippen LogP contribution in [0.25, 0.3) is 16.8 Å². The molecule has 4 rings (SSSR count). The summed E-state index contributed by atoms with van der Waals surface area (Å²) in [6.45, 7) is 9.15. The van der Waals surface area contributed by atoms with Crippen LogP contribution in [0.5, 0.6) is 0 Å². The second kappa shape index (κ2) is 9.84. The van der Waals surface area contributed by atoms with Crippen LogP contribution in [0.3, 0.4) is 0 Å². The van der Waals surface area contributed by atoms with E-state index in [1.807, 2.05) is 30.3 Å². The van der Waals surface area contributed by atoms with Crippen molar-refractivity contribution >= 4 is 11.4 Å². The van der Waals surface area contributed by atoms with E-state index in [0.717, 1.165) is 51.3 Å². The Morgan fingerprint density at radius 2 is 1.84 bits per heavy atom. The molecule has 3 heterocycles. The van der Waals surface area contributed by atoms with Crippen LogP contribution in [-0.2, 0) is 11.3 Å². The Balaban J connectivity index is 1.29. The van der Waals surface area contributed by atoms with E-state index in [1.165, 1.54) is 15.5 Å². The first-order valence-corrected chi connectivity index (χ1v) is 10.9. The van der Waals surface area contributed by atoms with Gasteiger partial charge in [0.05, 0.1) is 5.69 Å². The Hall–Kier alpha value is -3.04. The Morgan fingerprint density at radius 3 is 2.58 bits per heavy atom. The molecule has 1 amide bonds. The van der Waals surface area contributed by atoms with Crippen molar-refractivity contribution in [2.75, 3.05) is 45.8 Å². The molecule has 1 aliphatic heterocycles. The standard InChI is InChI=1S/C22H29N7O2/c1-2-26-11-13-27(14-12-26)10-6-9-23-21(30)16-28-22(31)20-15-19(25-29(20)17-24-28)18-7-4-3-5-8-18/h3-5,7-8,15,17H,2,6,9-14,16H2,1H3,(H,23,30). The van der Waals surface area contributed by atoms with E-state index >= 15 is 0 Å². The zero-order chi connectivity index (χ0) is 21.6. The van der Waals surface area contributed by atoms with Gasteiger partial charge in [0.2, 0.25) is 5.91 Å². The predicted molar refractivity (Wildman–Crippen MR) is 119 cm³/mol. The number of carbonyl (C=O) groups is 1. The van der Waals surface area contributed by atoms with Crippen LogP contribution >= 0.6 is 0 Å². The molecule has 0 unspecified atom stereocenters. The summed E-state index contributed by atoms with van der Waals surface area (Å²) in [4.78, 5) is 29.9. The molecule has 0 saturated carbocycles. The van der Waals surface area contributed by atoms with Gasteiger partial charge in [-0.1, -0.05) is 37.3 Å². The van der Waals surface area contributed by atoms with Crippen LogP contribution in [0.4, 0.5) is 0 Å². The van der Waals surface area contributed by atoms with Gasteiger partial charge in [0, 0.05) is 38.3 Å². The third kappa shape index (κ3) is 5.18. The van der Waals surface area contributed by atoms with E-state index < -0.39 is 0 Å². The summed E-state index contributed by atoms with van der Waals surface area (Å²) in [5.74, 6) is -0.211. The second-order valence-corrected chi connectivity index (χ2v) is 7.80. The second-order valence-electron chi connectivity index (χ2n) is 7.80. The number of aromatic nitrogens is 4. The largest absolute Gasteiger partial charge is 0.354 e. The number of nitrogens with zero attached hydrogens (tertiary/aromatic N) is 6. The van der Waals surface area contributed by atoms with Gasteiger partial charge < -0.3 is 15.1 Å². The predicted octanol–water partition coefficient (Wildman–Crippen LogP) is 0.702. The minimum absolute atomic E-state index is 0.101. The number of amides is 1. The molecule has 2 aromatic heterocycles. The number of carbonyl (C=O) groups excluding carboxylic acids is 1. The van der Waals surface area contributed by atoms with Crippen molar-refractivity contribution in [1.82, 2.24) is 34.5 Å². The molecule has 9 heteroatoms. The summed E-state index contributed by atoms with van der Waals surface area (Å²) in [7, 11) is 0. The van der Waals surface area contributed by atoms with Gasteiger partial charge in [-0.15, -0.1) is 0 Å². The van der Waals surface area contributed by atoms with Gasteiger partial charge in [-0.3, -0.25) is 9.59 Å². The average molecular weight is 424 g/mol. The van der Waals surface area contributed by atoms with Crippen molar-refractivity contribution in [3.8, 4) is 11.3 Å². The molecule has 0 radical (unpaired) electrons. The molecular weight excluding hydrogens is 394 g/mol. The highest BCUT2D eigenvalue weighted by Gasteiger charge is 2.15. The van der Waals surface area contributed by atoms with Crippen LogP contribution in [0.15, 0.2) is 47.5 Å². The van der Waals surface area contributed by atoms with Crippen LogP contribution in [0.2, 0.25) is 0 Å². The van der Waals surface area contributed by atoms with Gasteiger partial charge in [-0.05, 0) is 25.6 Å². The molecule has 164 valence electrons. The van der Waals surface area contributed by atoms with Gasteiger partial charge >= 0.3 is 0 Å². The molecule has 1 fully saturated rings. The number of rotatable bonds is 8. The fourth-order valence-electron chi connectivity index (χ4n) is 3.85. The van der Waals surface area contributed by atoms with Crippen molar-refractivity contribution < 1.29 is 4.79 Å². The molecular formula is C22H29N7O2. The number of hydrogen-bond acceptors (Lipinski definition) is 6. The lowest BCUT2D eigenvalue weighted by atomic mass is 10.1. The van der Waals surface area contributed by atoms with Gasteiger partial charge in [0.15, 0.2) is 0 Å². The molecule has 0 bridgehead atoms. The molecule has 1 N–H and O–H groups in total. The molecule has 3 aromatic rings. The molecule has 1 saturated heterocycles. The molecule has 1 aromatic carbocycles. The summed E-state index contributed by atoms with van der Waals surface area (Å²) in [6, 6.07) is 11.4. The van der Waals surface area contributed by atoms with Gasteiger partial charge in [0.1, 0.15) is 18.4 Å². The topological polar surface area (TPSA) is 87.8 Å². The smallest absolute Gasteiger partial charge is 0.293 e. The van der Waals surface area contributed by atoms with E-state index in [0.29, 0.717) is 17.8 Å². The number of piperazine rings is 1. The number of nitrogens with one attached hydrogen (secondary N) is 1. The van der Waals surface area contributed by atoms with E-state index in [2.05, 4.69) is 32.2 Å². The molecule has 1 aliphatic rings. The highest BCUT2D eigenvalue weighted by Crippen LogP contribution is 2.17. The van der Waals surface area contributed by atoms with E-state index in [-0.39, 0.29) is 18.0 Å². The van der Waals surface area contributed by atoms with Gasteiger partial charge in [-0.25, -0.2) is 9.20 Å². The first-order chi connectivity index (χ1) is 15.1. The first kappa shape index (κ1) is 21.2. The molecule has 0 atom stereocenters. The third-order valence-electron chi connectivity index (χ3n) is 5.74. The van der Waals surface area contributed by atoms with Crippen LogP contribution in [-0.4, -0.2) is 80.9 Å². The molecule has 31 heavy (non-hydrogen) atoms. The fourth-order valence-corrected chi connectivity index (χ4v) is 3.85. The SMILES string of the molecule is CCN1CCN(CCCNC(=O)Cn2ncn3nc(-c4ccccc4)cc3c2=O)CC1. The van der Waals surface area contributed by atoms with E-state index in [1.54, 1.807) is 6.07 Å². The Kier molecular flexibility index (Phi) is 6.73. The van der Waals surface area contributed by atoms with Crippen molar-refractivity contribution in [2.24, 2.45) is 0 Å². The van der Waals surface area contributed by atoms with Crippen molar-refractivity contribution in [1.29, 1.82) is 0 Å². The van der Waals surface area contributed by atoms with E-state index in [9.17, 15) is 9.59 Å². The number of fused-ring (bicyclic) bond motifs is 1. The lowest BCUT2D eigenvalue weighted by molar-refractivity contribution is -0.121. The molecule has 0 spiro atoms. The lowest BCUT2D eigenvalue weighted by Gasteiger charge is -2.33. The summed E-state index contributed by atoms with van der Waals surface area (Å²) in [5.41, 5.74) is 1.68. The highest BCUT2D eigenvalue weighted by atomic mass is 16.2. The summed E-state index contributed by atoms with van der Waals surface area (Å²) in [6.07, 6.45) is 2.36. The summed E-state index contributed by atoms with van der Waals surface area (Å²) < 4.78 is 2.64. The van der Waals surface area contributed by atoms with Crippen molar-refractivity contribution in [2.45, 2.75) is 19.9 Å². The quantitative estimate of drug-likeness (QED) is 0.537. The first-order valence-electron chi connectivity index (χ1n) is 10.9. The van der Waals surface area contributed by atoms with Gasteiger partial charge in [0.25, 0.3) is 5.56 Å². The summed E-state index contributed by atoms with van der Waals surface area (Å²) in [5, 5.41) is 11.4. The zero-order valence-corrected chi connectivity index (χ0v) is 17.9. The maximum absolute atomic E-state index is 12.7. The molecule has 0 aliphatic carbocycles. The van der Waals surface area contributed by atoms with Crippen LogP contribution in [0.1, 0.15) is 13.3 Å². The van der Waals surface area contributed by atoms with Crippen LogP contribution in [0, 0.1) is 0 Å². The number of hydrogen-bond donors (Lipinski definition) is 1. The van der Waals surface area contributed by atoms with Gasteiger partial charge in [-0.2, -0.15) is 10.2 Å². The normalized spacial score (nSPS) is 15.4. The fraction of sp³-hybridized carbons (Fsp3) is 0.455. The zero-order valence-electron chi connectivity index (χ0n) is 17.9. The van der Waals surface area contributed by atoms with E-state index in [4.69, 9.17) is 0 Å². The van der Waals surface area contributed by atoms with Crippen molar-refractivity contribution in [3.63, 3.8) is 0 Å². The lowest BCUT2D eigenvalue weighted by Crippen LogP contribution is -2.46. The highest BCUT2D eigenvalue weighted by molar-refractivity contribution is 5.75. The summed E-state index contributed by atoms with van der Waals surface area (Å²) >= 11 is 0. The minimum Gasteiger partial charge on any atom is -0.354 e. The maximum atomic E-state index is 12.7. The third-order valence-corrected chi connectivity index (χ3v) is 5.74. The average Bonchev–Trinajstić information content (AvgIpc) is 3.25. The molecule has 9 nitrogen and oxygen atoms in total. The van der Waals surface area contributed by atoms with Crippen LogP contribution < -0.4 is 10.9 Å².